The van der Waals surface area contributed by atoms with E-state index in [1.54, 1.807) is 6.07 Å². The van der Waals surface area contributed by atoms with E-state index in [2.05, 4.69) is 15.4 Å². The van der Waals surface area contributed by atoms with Gasteiger partial charge in [0.25, 0.3) is 5.88 Å². The Balaban J connectivity index is 2.42. The highest BCUT2D eigenvalue weighted by molar-refractivity contribution is 5.45. The van der Waals surface area contributed by atoms with Crippen LogP contribution in [0.3, 0.4) is 0 Å². The van der Waals surface area contributed by atoms with Gasteiger partial charge in [-0.2, -0.15) is 14.6 Å². The summed E-state index contributed by atoms with van der Waals surface area (Å²) in [7, 11) is 0. The summed E-state index contributed by atoms with van der Waals surface area (Å²) >= 11 is 0. The van der Waals surface area contributed by atoms with Crippen molar-refractivity contribution in [2.75, 3.05) is 5.43 Å². The number of hydrogen-bond acceptors (Lipinski definition) is 6. The highest BCUT2D eigenvalue weighted by atomic mass is 19.1. The molecule has 1 aromatic heterocycles. The van der Waals surface area contributed by atoms with E-state index in [1.165, 1.54) is 12.1 Å². The predicted molar refractivity (Wildman–Crippen MR) is 61.0 cm³/mol. The predicted octanol–water partition coefficient (Wildman–Crippen LogP) is 1.70. The van der Waals surface area contributed by atoms with Gasteiger partial charge in [0.05, 0.1) is 6.20 Å². The number of hydrogen-bond donors (Lipinski definition) is 2. The van der Waals surface area contributed by atoms with Crippen LogP contribution in [-0.2, 0) is 0 Å². The average molecular weight is 263 g/mol. The molecule has 0 aliphatic heterocycles. The lowest BCUT2D eigenvalue weighted by atomic mass is 10.2. The second kappa shape index (κ2) is 5.24. The monoisotopic (exact) mass is 263 g/mol. The zero-order chi connectivity index (χ0) is 13.8. The molecule has 6 nitrogen and oxygen atoms in total. The third-order valence-corrected chi connectivity index (χ3v) is 2.13. The Morgan fingerprint density at radius 1 is 1.32 bits per heavy atom. The van der Waals surface area contributed by atoms with Gasteiger partial charge in [-0.15, -0.1) is 0 Å². The molecule has 8 heteroatoms. The van der Waals surface area contributed by atoms with Crippen LogP contribution in [-0.4, -0.2) is 9.97 Å². The van der Waals surface area contributed by atoms with Crippen LogP contribution in [0.5, 0.6) is 11.6 Å². The van der Waals surface area contributed by atoms with Crippen LogP contribution < -0.4 is 16.0 Å². The summed E-state index contributed by atoms with van der Waals surface area (Å²) in [6.45, 7) is 0. The molecule has 0 unspecified atom stereocenters. The Morgan fingerprint density at radius 3 is 2.79 bits per heavy atom. The van der Waals surface area contributed by atoms with Crippen molar-refractivity contribution in [3.63, 3.8) is 0 Å². The normalized spacial score (nSPS) is 9.79. The van der Waals surface area contributed by atoms with E-state index in [9.17, 15) is 8.78 Å². The third-order valence-electron chi connectivity index (χ3n) is 2.13. The van der Waals surface area contributed by atoms with Crippen molar-refractivity contribution < 1.29 is 13.5 Å². The lowest BCUT2D eigenvalue weighted by Gasteiger charge is -2.08. The Labute approximate surface area is 106 Å². The number of ether oxygens (including phenoxy) is 1. The van der Waals surface area contributed by atoms with Crippen molar-refractivity contribution in [2.45, 2.75) is 0 Å². The van der Waals surface area contributed by atoms with Crippen LogP contribution in [0, 0.1) is 23.0 Å². The van der Waals surface area contributed by atoms with Gasteiger partial charge in [-0.05, 0) is 12.1 Å². The molecular formula is C11H7F2N5O. The molecule has 0 saturated heterocycles. The number of halogens is 2. The number of nitrogens with zero attached hydrogens (tertiary/aromatic N) is 3. The summed E-state index contributed by atoms with van der Waals surface area (Å²) in [6.07, 6.45) is 0.836. The van der Waals surface area contributed by atoms with E-state index < -0.39 is 17.5 Å². The summed E-state index contributed by atoms with van der Waals surface area (Å²) in [5, 5.41) is 8.82. The smallest absolute Gasteiger partial charge is 0.260 e. The zero-order valence-corrected chi connectivity index (χ0v) is 9.39. The van der Waals surface area contributed by atoms with E-state index in [4.69, 9.17) is 15.8 Å². The van der Waals surface area contributed by atoms with Crippen molar-refractivity contribution in [3.05, 3.63) is 41.6 Å². The van der Waals surface area contributed by atoms with Crippen LogP contribution in [0.4, 0.5) is 14.7 Å². The number of nitrogens with two attached hydrogens (primary N) is 1. The van der Waals surface area contributed by atoms with E-state index in [1.807, 2.05) is 0 Å². The highest BCUT2D eigenvalue weighted by Gasteiger charge is 2.14. The maximum absolute atomic E-state index is 13.4. The number of nitriles is 1. The van der Waals surface area contributed by atoms with Crippen molar-refractivity contribution >= 4 is 5.95 Å². The first-order valence-corrected chi connectivity index (χ1v) is 5.01. The molecule has 1 heterocycles. The minimum atomic E-state index is -0.868. The first-order chi connectivity index (χ1) is 9.15. The molecule has 2 aromatic rings. The molecule has 0 aliphatic carbocycles. The van der Waals surface area contributed by atoms with E-state index in [0.29, 0.717) is 0 Å². The van der Waals surface area contributed by atoms with Crippen LogP contribution in [0.25, 0.3) is 0 Å². The van der Waals surface area contributed by atoms with Gasteiger partial charge in [0.1, 0.15) is 23.2 Å². The molecule has 19 heavy (non-hydrogen) atoms. The highest BCUT2D eigenvalue weighted by Crippen LogP contribution is 2.27. The number of rotatable bonds is 3. The van der Waals surface area contributed by atoms with Crippen molar-refractivity contribution in [3.8, 4) is 17.7 Å². The molecule has 0 spiro atoms. The lowest BCUT2D eigenvalue weighted by Crippen LogP contribution is -2.11. The number of hydrazine groups is 1. The first-order valence-electron chi connectivity index (χ1n) is 5.01. The first kappa shape index (κ1) is 12.7. The molecule has 1 aromatic carbocycles. The van der Waals surface area contributed by atoms with Crippen molar-refractivity contribution in [1.29, 1.82) is 5.26 Å². The maximum atomic E-state index is 13.4. The molecule has 0 amide bonds. The fourth-order valence-corrected chi connectivity index (χ4v) is 1.29. The molecule has 2 rings (SSSR count). The van der Waals surface area contributed by atoms with Crippen molar-refractivity contribution in [1.82, 2.24) is 9.97 Å². The summed E-state index contributed by atoms with van der Waals surface area (Å²) in [5.74, 6) is 2.74. The number of nitrogen functional groups attached to an aromatic ring is 1. The third kappa shape index (κ3) is 2.56. The zero-order valence-electron chi connectivity index (χ0n) is 9.39. The van der Waals surface area contributed by atoms with Crippen molar-refractivity contribution in [2.24, 2.45) is 5.84 Å². The average Bonchev–Trinajstić information content (AvgIpc) is 2.41. The van der Waals surface area contributed by atoms with Gasteiger partial charge in [0, 0.05) is 0 Å². The Hall–Kier alpha value is -2.79. The molecule has 0 fully saturated rings. The molecule has 3 N–H and O–H groups in total. The number of nitrogens with one attached hydrogen (secondary N) is 1. The minimum absolute atomic E-state index is 0.0775. The van der Waals surface area contributed by atoms with Crippen LogP contribution in [0.15, 0.2) is 24.4 Å². The topological polar surface area (TPSA) is 96.8 Å². The van der Waals surface area contributed by atoms with E-state index >= 15 is 0 Å². The Morgan fingerprint density at radius 2 is 2.11 bits per heavy atom. The second-order valence-corrected chi connectivity index (χ2v) is 3.32. The minimum Gasteiger partial charge on any atom is -0.435 e. The summed E-state index contributed by atoms with van der Waals surface area (Å²) in [6, 6.07) is 5.36. The van der Waals surface area contributed by atoms with E-state index in [0.717, 1.165) is 12.3 Å². The van der Waals surface area contributed by atoms with Gasteiger partial charge in [0.2, 0.25) is 11.8 Å². The van der Waals surface area contributed by atoms with Gasteiger partial charge >= 0.3 is 0 Å². The molecule has 0 saturated carbocycles. The summed E-state index contributed by atoms with van der Waals surface area (Å²) in [5.41, 5.74) is 1.77. The molecule has 0 radical (unpaired) electrons. The molecule has 0 bridgehead atoms. The van der Waals surface area contributed by atoms with Crippen LogP contribution >= 0.6 is 0 Å². The van der Waals surface area contributed by atoms with Crippen LogP contribution in [0.1, 0.15) is 5.56 Å². The van der Waals surface area contributed by atoms with Gasteiger partial charge in [-0.3, -0.25) is 5.43 Å². The molecular weight excluding hydrogens is 256 g/mol. The number of aromatic nitrogens is 2. The Kier molecular flexibility index (Phi) is 3.49. The Bertz CT molecular complexity index is 656. The lowest BCUT2D eigenvalue weighted by molar-refractivity contribution is 0.416. The summed E-state index contributed by atoms with van der Waals surface area (Å²) in [4.78, 5) is 7.13. The molecule has 0 aliphatic rings. The van der Waals surface area contributed by atoms with Gasteiger partial charge < -0.3 is 4.74 Å². The fraction of sp³-hybridized carbons (Fsp3) is 0. The quantitative estimate of drug-likeness (QED) is 0.646. The van der Waals surface area contributed by atoms with Gasteiger partial charge in [-0.1, -0.05) is 6.07 Å². The largest absolute Gasteiger partial charge is 0.435 e. The number of anilines is 1. The number of benzene rings is 1. The van der Waals surface area contributed by atoms with Crippen LogP contribution in [0.2, 0.25) is 0 Å². The summed E-state index contributed by atoms with van der Waals surface area (Å²) < 4.78 is 31.8. The van der Waals surface area contributed by atoms with Gasteiger partial charge in [-0.25, -0.2) is 15.2 Å². The maximum Gasteiger partial charge on any atom is 0.260 e. The SMILES string of the molecule is N#Cc1c(F)cccc1Oc1nc(NN)ncc1F. The second-order valence-electron chi connectivity index (χ2n) is 3.32. The van der Waals surface area contributed by atoms with Gasteiger partial charge in [0.15, 0.2) is 0 Å². The molecule has 96 valence electrons. The molecule has 0 atom stereocenters. The standard InChI is InChI=1S/C11H7F2N5O/c12-7-2-1-3-9(6(7)4-14)19-10-8(13)5-16-11(17-10)18-15/h1-3,5H,15H2,(H,16,17,18). The van der Waals surface area contributed by atoms with E-state index in [-0.39, 0.29) is 17.3 Å². The fourth-order valence-electron chi connectivity index (χ4n) is 1.29.